The molecule has 0 saturated carbocycles. The van der Waals surface area contributed by atoms with Gasteiger partial charge in [0.25, 0.3) is 0 Å². The first-order valence-corrected chi connectivity index (χ1v) is 23.6. The van der Waals surface area contributed by atoms with E-state index in [1.165, 1.54) is 0 Å². The minimum Gasteiger partial charge on any atom is -0.388 e. The predicted molar refractivity (Wildman–Crippen MR) is 248 cm³/mol. The van der Waals surface area contributed by atoms with E-state index in [1.54, 1.807) is 26.2 Å². The summed E-state index contributed by atoms with van der Waals surface area (Å²) in [5.74, 6) is 3.18. The molecule has 0 aliphatic carbocycles. The number of nitrogens with two attached hydrogens (primary N) is 1. The molecule has 0 bridgehead atoms. The number of rotatable bonds is 34. The van der Waals surface area contributed by atoms with Gasteiger partial charge in [0.15, 0.2) is 5.78 Å². The summed E-state index contributed by atoms with van der Waals surface area (Å²) in [4.78, 5) is 66.8. The Morgan fingerprint density at radius 3 is 1.91 bits per heavy atom. The smallest absolute Gasteiger partial charge is 0.226 e. The van der Waals surface area contributed by atoms with Crippen LogP contribution in [0.15, 0.2) is 30.3 Å². The number of aliphatic hydroxyl groups is 1. The highest BCUT2D eigenvalue weighted by Gasteiger charge is 2.43. The quantitative estimate of drug-likeness (QED) is 0.0668. The van der Waals surface area contributed by atoms with E-state index in [0.29, 0.717) is 65.8 Å². The molecule has 15 nitrogen and oxygen atoms in total. The maximum absolute atomic E-state index is 14.6. The molecule has 2 amide bonds. The molecule has 3 N–H and O–H groups in total. The van der Waals surface area contributed by atoms with E-state index >= 15 is 0 Å². The summed E-state index contributed by atoms with van der Waals surface area (Å²) in [6.45, 7) is 19.8. The fourth-order valence-electron chi connectivity index (χ4n) is 9.26. The second-order valence-corrected chi connectivity index (χ2v) is 18.5. The highest BCUT2D eigenvalue weighted by Crippen LogP contribution is 2.33. The lowest BCUT2D eigenvalue weighted by Crippen LogP contribution is -2.54. The normalized spacial score (nSPS) is 18.7. The van der Waals surface area contributed by atoms with Crippen LogP contribution in [0.4, 0.5) is 0 Å². The van der Waals surface area contributed by atoms with Crippen LogP contribution in [0, 0.1) is 35.5 Å². The Morgan fingerprint density at radius 1 is 0.781 bits per heavy atom. The largest absolute Gasteiger partial charge is 0.388 e. The third kappa shape index (κ3) is 17.7. The molecule has 1 fully saturated rings. The lowest BCUT2D eigenvalue weighted by atomic mass is 9.83. The van der Waals surface area contributed by atoms with Crippen molar-refractivity contribution >= 4 is 23.4 Å². The van der Waals surface area contributed by atoms with Gasteiger partial charge in [-0.25, -0.2) is 5.90 Å². The van der Waals surface area contributed by atoms with E-state index in [-0.39, 0.29) is 72.4 Å². The average molecular weight is 907 g/mol. The van der Waals surface area contributed by atoms with Gasteiger partial charge in [-0.1, -0.05) is 92.1 Å². The van der Waals surface area contributed by atoms with E-state index in [2.05, 4.69) is 18.7 Å². The van der Waals surface area contributed by atoms with Crippen LogP contribution in [0.25, 0.3) is 0 Å². The fourth-order valence-corrected chi connectivity index (χ4v) is 9.26. The molecule has 64 heavy (non-hydrogen) atoms. The van der Waals surface area contributed by atoms with Gasteiger partial charge in [-0.2, -0.15) is 0 Å². The molecule has 0 aromatic heterocycles. The van der Waals surface area contributed by atoms with E-state index in [0.717, 1.165) is 18.4 Å². The number of carbonyl (C=O) groups is 4. The second kappa shape index (κ2) is 30.4. The number of aliphatic hydroxyl groups excluding tert-OH is 1. The Bertz CT molecular complexity index is 1490. The number of hydrogen-bond acceptors (Lipinski definition) is 13. The van der Waals surface area contributed by atoms with Crippen molar-refractivity contribution in [3.05, 3.63) is 35.9 Å². The number of Topliss-reactive ketones (excluding diaryl/α,β-unsaturated/α-hetero) is 2. The van der Waals surface area contributed by atoms with Crippen LogP contribution in [0.3, 0.4) is 0 Å². The van der Waals surface area contributed by atoms with Crippen LogP contribution in [0.5, 0.6) is 0 Å². The van der Waals surface area contributed by atoms with Gasteiger partial charge >= 0.3 is 0 Å². The predicted octanol–water partition coefficient (Wildman–Crippen LogP) is 5.36. The van der Waals surface area contributed by atoms with Gasteiger partial charge in [0.2, 0.25) is 11.8 Å². The molecule has 1 aliphatic heterocycles. The first-order chi connectivity index (χ1) is 30.5. The first kappa shape index (κ1) is 57.3. The topological polar surface area (TPSA) is 180 Å². The zero-order chi connectivity index (χ0) is 47.9. The zero-order valence-corrected chi connectivity index (χ0v) is 41.4. The fraction of sp³-hybridized carbons (Fsp3) is 0.796. The first-order valence-electron chi connectivity index (χ1n) is 23.6. The number of amides is 2. The molecule has 15 heteroatoms. The molecule has 0 radical (unpaired) electrons. The molecule has 368 valence electrons. The number of carbonyl (C=O) groups excluding carboxylic acids is 4. The van der Waals surface area contributed by atoms with Crippen molar-refractivity contribution in [3.63, 3.8) is 0 Å². The van der Waals surface area contributed by atoms with Gasteiger partial charge in [-0.3, -0.25) is 24.1 Å². The van der Waals surface area contributed by atoms with Crippen molar-refractivity contribution in [1.29, 1.82) is 0 Å². The van der Waals surface area contributed by atoms with E-state index in [1.807, 2.05) is 88.7 Å². The summed E-state index contributed by atoms with van der Waals surface area (Å²) in [7, 11) is 6.86. The zero-order valence-electron chi connectivity index (χ0n) is 41.4. The van der Waals surface area contributed by atoms with Gasteiger partial charge in [0.05, 0.1) is 89.1 Å². The maximum Gasteiger partial charge on any atom is 0.226 e. The van der Waals surface area contributed by atoms with Crippen LogP contribution in [0.1, 0.15) is 106 Å². The standard InChI is InChI=1S/C49H86N4O11/c1-13-35(6)46(52(10)49(58)39(33(2)3)31-42(55)45(34(4)5)51(9)22-23-61-24-25-62-26-27-63-28-29-64-50)43(59-11)32-44(56)53-21-17-20-40(53)48(60-12)37(8)41(54)30-36(7)47(57)38-18-15-14-16-19-38/h14-16,18-19,33-37,39-40,43,45-48,57H,13,17,20-32,50H2,1-12H3/t35-,36-,37-,39-,40-,43+,45-,46-,47+,48+/m0/s1. The van der Waals surface area contributed by atoms with Gasteiger partial charge in [-0.05, 0) is 49.1 Å². The summed E-state index contributed by atoms with van der Waals surface area (Å²) in [5, 5.41) is 11.0. The van der Waals surface area contributed by atoms with Crippen LogP contribution >= 0.6 is 0 Å². The Labute approximate surface area is 385 Å². The van der Waals surface area contributed by atoms with E-state index in [9.17, 15) is 24.3 Å². The molecule has 1 aliphatic rings. The number of nitrogens with zero attached hydrogens (tertiary/aromatic N) is 3. The number of likely N-dealkylation sites (N-methyl/N-ethyl adjacent to an activating group) is 2. The van der Waals surface area contributed by atoms with Crippen LogP contribution in [-0.2, 0) is 47.7 Å². The number of ether oxygens (including phenoxy) is 5. The lowest BCUT2D eigenvalue weighted by Gasteiger charge is -2.41. The van der Waals surface area contributed by atoms with Gasteiger partial charge in [0, 0.05) is 59.0 Å². The number of benzene rings is 1. The molecular weight excluding hydrogens is 821 g/mol. The Morgan fingerprint density at radius 2 is 1.38 bits per heavy atom. The molecule has 1 aromatic carbocycles. The number of likely N-dealkylation sites (tertiary alicyclic amines) is 1. The van der Waals surface area contributed by atoms with Crippen LogP contribution in [-0.4, -0.2) is 161 Å². The summed E-state index contributed by atoms with van der Waals surface area (Å²) in [6, 6.07) is 8.18. The summed E-state index contributed by atoms with van der Waals surface area (Å²) in [5.41, 5.74) is 0.768. The van der Waals surface area contributed by atoms with Crippen molar-refractivity contribution in [2.75, 3.05) is 87.7 Å². The number of methoxy groups -OCH3 is 2. The molecule has 1 saturated heterocycles. The third-order valence-electron chi connectivity index (χ3n) is 13.2. The van der Waals surface area contributed by atoms with Crippen molar-refractivity contribution in [1.82, 2.24) is 14.7 Å². The SMILES string of the molecule is CC[C@H](C)[C@@H]([C@@H](CC(=O)N1CCC[C@H]1[C@H](OC)[C@@H](C)C(=O)C[C@H](C)[C@@H](O)c1ccccc1)OC)N(C)C(=O)[C@@H](CC(=O)[C@H](C(C)C)N(C)CCOCCOCCOCCON)C(C)C. The molecular formula is C49H86N4O11. The Balaban J connectivity index is 2.13. The second-order valence-electron chi connectivity index (χ2n) is 18.5. The third-order valence-corrected chi connectivity index (χ3v) is 13.2. The van der Waals surface area contributed by atoms with E-state index in [4.69, 9.17) is 29.6 Å². The lowest BCUT2D eigenvalue weighted by molar-refractivity contribution is -0.149. The average Bonchev–Trinajstić information content (AvgIpc) is 3.76. The van der Waals surface area contributed by atoms with Crippen LogP contribution < -0.4 is 5.90 Å². The minimum absolute atomic E-state index is 0.00203. The summed E-state index contributed by atoms with van der Waals surface area (Å²) >= 11 is 0. The molecule has 2 rings (SSSR count). The summed E-state index contributed by atoms with van der Waals surface area (Å²) in [6.07, 6.45) is 0.580. The highest BCUT2D eigenvalue weighted by molar-refractivity contribution is 5.90. The minimum atomic E-state index is -0.777. The van der Waals surface area contributed by atoms with Gasteiger partial charge in [0.1, 0.15) is 5.78 Å². The number of hydrogen-bond donors (Lipinski definition) is 2. The molecule has 1 aromatic rings. The van der Waals surface area contributed by atoms with Crippen molar-refractivity contribution in [3.8, 4) is 0 Å². The molecule has 1 heterocycles. The van der Waals surface area contributed by atoms with Crippen LogP contribution in [0.2, 0.25) is 0 Å². The maximum atomic E-state index is 14.6. The molecule has 0 unspecified atom stereocenters. The van der Waals surface area contributed by atoms with Crippen molar-refractivity contribution in [2.45, 2.75) is 130 Å². The van der Waals surface area contributed by atoms with Crippen molar-refractivity contribution in [2.24, 2.45) is 41.4 Å². The van der Waals surface area contributed by atoms with Gasteiger partial charge < -0.3 is 43.4 Å². The molecule has 10 atom stereocenters. The van der Waals surface area contributed by atoms with Crippen molar-refractivity contribution < 1.29 is 52.8 Å². The Hall–Kier alpha value is -2.86. The number of ketones is 2. The molecule has 0 spiro atoms. The van der Waals surface area contributed by atoms with E-state index < -0.39 is 42.2 Å². The monoisotopic (exact) mass is 907 g/mol. The Kier molecular flexibility index (Phi) is 27.2. The highest BCUT2D eigenvalue weighted by atomic mass is 16.6. The van der Waals surface area contributed by atoms with Gasteiger partial charge in [-0.15, -0.1) is 0 Å². The summed E-state index contributed by atoms with van der Waals surface area (Å²) < 4.78 is 28.8.